The first-order chi connectivity index (χ1) is 11.8. The summed E-state index contributed by atoms with van der Waals surface area (Å²) in [6.07, 6.45) is 8.62. The van der Waals surface area contributed by atoms with Crippen molar-refractivity contribution in [2.75, 3.05) is 14.2 Å². The number of nitrogens with zero attached hydrogens (tertiary/aromatic N) is 1. The predicted molar refractivity (Wildman–Crippen MR) is 95.7 cm³/mol. The third kappa shape index (κ3) is 2.24. The third-order valence-corrected chi connectivity index (χ3v) is 9.04. The molecule has 4 heteroatoms. The highest BCUT2D eigenvalue weighted by Crippen LogP contribution is 2.66. The van der Waals surface area contributed by atoms with Gasteiger partial charge in [-0.15, -0.1) is 0 Å². The van der Waals surface area contributed by atoms with Gasteiger partial charge in [-0.1, -0.05) is 13.8 Å². The lowest BCUT2D eigenvalue weighted by Crippen LogP contribution is -2.61. The van der Waals surface area contributed by atoms with Gasteiger partial charge in [-0.05, 0) is 73.5 Å². The lowest BCUT2D eigenvalue weighted by Gasteiger charge is -2.61. The largest absolute Gasteiger partial charge is 0.469 e. The Hall–Kier alpha value is -1.06. The number of piperidine rings is 1. The predicted octanol–water partition coefficient (Wildman–Crippen LogP) is 3.64. The molecule has 1 saturated heterocycles. The average molecular weight is 347 g/mol. The Morgan fingerprint density at radius 2 is 1.76 bits per heavy atom. The first-order valence-electron chi connectivity index (χ1n) is 10.2. The van der Waals surface area contributed by atoms with Crippen LogP contribution in [0.2, 0.25) is 0 Å². The maximum absolute atomic E-state index is 12.3. The van der Waals surface area contributed by atoms with E-state index >= 15 is 0 Å². The lowest BCUT2D eigenvalue weighted by atomic mass is 9.47. The van der Waals surface area contributed by atoms with Crippen molar-refractivity contribution in [2.45, 2.75) is 71.3 Å². The Balaban J connectivity index is 1.62. The molecule has 1 amide bonds. The number of carbonyl (C=O) groups excluding carboxylic acids is 2. The van der Waals surface area contributed by atoms with E-state index in [9.17, 15) is 9.59 Å². The number of methoxy groups -OCH3 is 1. The van der Waals surface area contributed by atoms with E-state index in [0.717, 1.165) is 31.6 Å². The topological polar surface area (TPSA) is 46.6 Å². The van der Waals surface area contributed by atoms with Crippen molar-refractivity contribution < 1.29 is 14.3 Å². The molecule has 3 aliphatic carbocycles. The Kier molecular flexibility index (Phi) is 3.97. The van der Waals surface area contributed by atoms with Gasteiger partial charge in [-0.3, -0.25) is 9.59 Å². The molecule has 4 nitrogen and oxygen atoms in total. The molecule has 0 spiro atoms. The van der Waals surface area contributed by atoms with Crippen molar-refractivity contribution in [1.82, 2.24) is 4.90 Å². The zero-order valence-electron chi connectivity index (χ0n) is 16.2. The van der Waals surface area contributed by atoms with E-state index in [1.165, 1.54) is 26.4 Å². The second kappa shape index (κ2) is 5.72. The highest BCUT2D eigenvalue weighted by molar-refractivity contribution is 5.77. The molecular weight excluding hydrogens is 314 g/mol. The lowest BCUT2D eigenvalue weighted by molar-refractivity contribution is -0.164. The van der Waals surface area contributed by atoms with Crippen LogP contribution in [-0.4, -0.2) is 37.0 Å². The van der Waals surface area contributed by atoms with Crippen LogP contribution in [0.5, 0.6) is 0 Å². The highest BCUT2D eigenvalue weighted by Gasteiger charge is 2.62. The molecule has 0 bridgehead atoms. The molecule has 0 aromatic rings. The van der Waals surface area contributed by atoms with Crippen LogP contribution in [0.25, 0.3) is 0 Å². The van der Waals surface area contributed by atoms with Crippen molar-refractivity contribution in [3.05, 3.63) is 0 Å². The smallest absolute Gasteiger partial charge is 0.309 e. The van der Waals surface area contributed by atoms with Crippen LogP contribution in [-0.2, 0) is 14.3 Å². The van der Waals surface area contributed by atoms with Gasteiger partial charge in [0.25, 0.3) is 0 Å². The molecular formula is C21H33NO3. The van der Waals surface area contributed by atoms with Crippen LogP contribution in [0.15, 0.2) is 0 Å². The van der Waals surface area contributed by atoms with Crippen LogP contribution in [0.4, 0.5) is 0 Å². The van der Waals surface area contributed by atoms with Crippen LogP contribution in [0.3, 0.4) is 0 Å². The SMILES string of the molecule is COC(=O)[C@H]1CC[C@H]2[C@@H]3CC[C@H]4N(C)C(=O)CC[C@]4(C)[C@H]3CC[C@]12C. The van der Waals surface area contributed by atoms with Gasteiger partial charge >= 0.3 is 5.97 Å². The Morgan fingerprint density at radius 3 is 2.48 bits per heavy atom. The van der Waals surface area contributed by atoms with Crippen LogP contribution >= 0.6 is 0 Å². The van der Waals surface area contributed by atoms with E-state index in [0.29, 0.717) is 30.2 Å². The summed E-state index contributed by atoms with van der Waals surface area (Å²) in [5.74, 6) is 2.49. The summed E-state index contributed by atoms with van der Waals surface area (Å²) in [5, 5.41) is 0. The number of hydrogen-bond acceptors (Lipinski definition) is 3. The molecule has 0 aromatic carbocycles. The molecule has 0 unspecified atom stereocenters. The van der Waals surface area contributed by atoms with Crippen LogP contribution in [0, 0.1) is 34.5 Å². The molecule has 1 aliphatic heterocycles. The van der Waals surface area contributed by atoms with Gasteiger partial charge in [0, 0.05) is 19.5 Å². The fourth-order valence-electron chi connectivity index (χ4n) is 7.68. The van der Waals surface area contributed by atoms with Crippen LogP contribution in [0.1, 0.15) is 65.2 Å². The number of likely N-dealkylation sites (tertiary alicyclic amines) is 1. The number of hydrogen-bond donors (Lipinski definition) is 0. The molecule has 0 aromatic heterocycles. The summed E-state index contributed by atoms with van der Waals surface area (Å²) in [5.41, 5.74) is 0.379. The minimum atomic E-state index is 0.00587. The van der Waals surface area contributed by atoms with Crippen molar-refractivity contribution in [3.8, 4) is 0 Å². The Labute approximate surface area is 151 Å². The minimum absolute atomic E-state index is 0.00587. The second-order valence-corrected chi connectivity index (χ2v) is 9.68. The Morgan fingerprint density at radius 1 is 1.04 bits per heavy atom. The van der Waals surface area contributed by atoms with Gasteiger partial charge in [0.2, 0.25) is 5.91 Å². The second-order valence-electron chi connectivity index (χ2n) is 9.68. The van der Waals surface area contributed by atoms with Crippen molar-refractivity contribution in [1.29, 1.82) is 0 Å². The zero-order valence-corrected chi connectivity index (χ0v) is 16.2. The molecule has 140 valence electrons. The average Bonchev–Trinajstić information content (AvgIpc) is 2.95. The molecule has 4 rings (SSSR count). The monoisotopic (exact) mass is 347 g/mol. The Bertz CT molecular complexity index is 590. The van der Waals surface area contributed by atoms with E-state index in [-0.39, 0.29) is 22.7 Å². The third-order valence-electron chi connectivity index (χ3n) is 9.04. The van der Waals surface area contributed by atoms with Crippen molar-refractivity contribution in [2.24, 2.45) is 34.5 Å². The summed E-state index contributed by atoms with van der Waals surface area (Å²) in [6, 6.07) is 0.414. The molecule has 4 fully saturated rings. The van der Waals surface area contributed by atoms with E-state index < -0.39 is 0 Å². The van der Waals surface area contributed by atoms with E-state index in [1.807, 2.05) is 7.05 Å². The molecule has 0 N–H and O–H groups in total. The number of esters is 1. The van der Waals surface area contributed by atoms with Gasteiger partial charge < -0.3 is 9.64 Å². The molecule has 1 heterocycles. The number of amides is 1. The van der Waals surface area contributed by atoms with Crippen molar-refractivity contribution >= 4 is 11.9 Å². The number of ether oxygens (including phenoxy) is 1. The number of fused-ring (bicyclic) bond motifs is 5. The van der Waals surface area contributed by atoms with Gasteiger partial charge in [-0.2, -0.15) is 0 Å². The number of carbonyl (C=O) groups is 2. The summed E-state index contributed by atoms with van der Waals surface area (Å²) in [7, 11) is 3.55. The summed E-state index contributed by atoms with van der Waals surface area (Å²) < 4.78 is 5.13. The van der Waals surface area contributed by atoms with Gasteiger partial charge in [0.1, 0.15) is 0 Å². The number of rotatable bonds is 1. The molecule has 25 heavy (non-hydrogen) atoms. The van der Waals surface area contributed by atoms with E-state index in [1.54, 1.807) is 0 Å². The fraction of sp³-hybridized carbons (Fsp3) is 0.905. The van der Waals surface area contributed by atoms with E-state index in [2.05, 4.69) is 18.7 Å². The van der Waals surface area contributed by atoms with Gasteiger partial charge in [0.15, 0.2) is 0 Å². The van der Waals surface area contributed by atoms with Crippen LogP contribution < -0.4 is 0 Å². The molecule has 4 aliphatic rings. The molecule has 7 atom stereocenters. The summed E-state index contributed by atoms with van der Waals surface area (Å²) >= 11 is 0. The maximum atomic E-state index is 12.3. The quantitative estimate of drug-likeness (QED) is 0.680. The first-order valence-corrected chi connectivity index (χ1v) is 10.2. The maximum Gasteiger partial charge on any atom is 0.309 e. The molecule has 3 saturated carbocycles. The summed E-state index contributed by atoms with van der Waals surface area (Å²) in [6.45, 7) is 4.81. The highest BCUT2D eigenvalue weighted by atomic mass is 16.5. The van der Waals surface area contributed by atoms with Crippen molar-refractivity contribution in [3.63, 3.8) is 0 Å². The van der Waals surface area contributed by atoms with Gasteiger partial charge in [-0.25, -0.2) is 0 Å². The standard InChI is InChI=1S/C21H33NO3/c1-20-11-9-15-13(14(20)6-7-16(20)19(24)25-4)5-8-17-21(15,2)12-10-18(23)22(17)3/h13-17H,5-12H2,1-4H3/t13-,14-,15-,16+,17+,20-,21+/m0/s1. The fourth-order valence-corrected chi connectivity index (χ4v) is 7.68. The minimum Gasteiger partial charge on any atom is -0.469 e. The normalized spacial score (nSPS) is 49.2. The summed E-state index contributed by atoms with van der Waals surface area (Å²) in [4.78, 5) is 26.6. The zero-order chi connectivity index (χ0) is 18.0. The van der Waals surface area contributed by atoms with E-state index in [4.69, 9.17) is 4.74 Å². The van der Waals surface area contributed by atoms with Gasteiger partial charge in [0.05, 0.1) is 13.0 Å². The molecule has 0 radical (unpaired) electrons. The first kappa shape index (κ1) is 17.4.